The molecule has 0 saturated heterocycles. The van der Waals surface area contributed by atoms with Crippen LogP contribution in [0.1, 0.15) is 27.9 Å². The van der Waals surface area contributed by atoms with Crippen molar-refractivity contribution in [3.63, 3.8) is 0 Å². The van der Waals surface area contributed by atoms with Gasteiger partial charge in [0.15, 0.2) is 5.78 Å². The van der Waals surface area contributed by atoms with E-state index in [0.29, 0.717) is 13.0 Å². The minimum absolute atomic E-state index is 0.177. The van der Waals surface area contributed by atoms with E-state index < -0.39 is 0 Å². The SMILES string of the molecule is O=C(CCNc1ccc2c(c1)Cc1ccccc1-2)c1ccccc1. The molecule has 0 saturated carbocycles. The molecule has 24 heavy (non-hydrogen) atoms. The van der Waals surface area contributed by atoms with E-state index in [-0.39, 0.29) is 5.78 Å². The summed E-state index contributed by atoms with van der Waals surface area (Å²) in [4.78, 5) is 12.1. The summed E-state index contributed by atoms with van der Waals surface area (Å²) in [5.74, 6) is 0.177. The summed E-state index contributed by atoms with van der Waals surface area (Å²) in [7, 11) is 0. The summed E-state index contributed by atoms with van der Waals surface area (Å²) in [5.41, 5.74) is 7.29. The highest BCUT2D eigenvalue weighted by Crippen LogP contribution is 2.37. The molecule has 1 aliphatic carbocycles. The molecular weight excluding hydrogens is 294 g/mol. The molecule has 0 amide bonds. The first-order valence-electron chi connectivity index (χ1n) is 8.34. The summed E-state index contributed by atoms with van der Waals surface area (Å²) < 4.78 is 0. The van der Waals surface area contributed by atoms with Crippen LogP contribution in [0, 0.1) is 0 Å². The van der Waals surface area contributed by atoms with Gasteiger partial charge in [0.05, 0.1) is 0 Å². The smallest absolute Gasteiger partial charge is 0.164 e. The third-order valence-electron chi connectivity index (χ3n) is 4.57. The first-order chi connectivity index (χ1) is 11.8. The fraction of sp³-hybridized carbons (Fsp3) is 0.136. The highest BCUT2D eigenvalue weighted by Gasteiger charge is 2.17. The van der Waals surface area contributed by atoms with Gasteiger partial charge < -0.3 is 5.32 Å². The number of hydrogen-bond acceptors (Lipinski definition) is 2. The number of ketones is 1. The molecule has 4 rings (SSSR count). The molecule has 0 heterocycles. The number of fused-ring (bicyclic) bond motifs is 3. The molecule has 1 N–H and O–H groups in total. The Morgan fingerprint density at radius 2 is 1.58 bits per heavy atom. The highest BCUT2D eigenvalue weighted by molar-refractivity contribution is 5.96. The molecule has 0 aliphatic heterocycles. The summed E-state index contributed by atoms with van der Waals surface area (Å²) in [6.07, 6.45) is 1.49. The first kappa shape index (κ1) is 14.7. The lowest BCUT2D eigenvalue weighted by Crippen LogP contribution is -2.08. The topological polar surface area (TPSA) is 29.1 Å². The molecule has 3 aromatic rings. The van der Waals surface area contributed by atoms with Gasteiger partial charge in [-0.3, -0.25) is 4.79 Å². The van der Waals surface area contributed by atoms with Gasteiger partial charge in [0.25, 0.3) is 0 Å². The third-order valence-corrected chi connectivity index (χ3v) is 4.57. The Kier molecular flexibility index (Phi) is 3.87. The number of carbonyl (C=O) groups excluding carboxylic acids is 1. The molecule has 0 spiro atoms. The molecule has 0 radical (unpaired) electrons. The average molecular weight is 313 g/mol. The molecule has 0 aromatic heterocycles. The first-order valence-corrected chi connectivity index (χ1v) is 8.34. The van der Waals surface area contributed by atoms with Gasteiger partial charge in [-0.05, 0) is 40.8 Å². The molecule has 0 atom stereocenters. The maximum Gasteiger partial charge on any atom is 0.164 e. The molecule has 0 fully saturated rings. The van der Waals surface area contributed by atoms with Gasteiger partial charge >= 0.3 is 0 Å². The van der Waals surface area contributed by atoms with Gasteiger partial charge in [0.1, 0.15) is 0 Å². The zero-order valence-corrected chi connectivity index (χ0v) is 13.5. The molecule has 118 valence electrons. The number of hydrogen-bond donors (Lipinski definition) is 1. The van der Waals surface area contributed by atoms with Crippen molar-refractivity contribution in [1.29, 1.82) is 0 Å². The number of rotatable bonds is 5. The molecule has 1 aliphatic rings. The molecular formula is C22H19NO. The zero-order chi connectivity index (χ0) is 16.4. The number of nitrogens with one attached hydrogen (secondary N) is 1. The van der Waals surface area contributed by atoms with Crippen LogP contribution in [-0.2, 0) is 6.42 Å². The van der Waals surface area contributed by atoms with Gasteiger partial charge in [0, 0.05) is 24.2 Å². The third kappa shape index (κ3) is 2.83. The van der Waals surface area contributed by atoms with E-state index in [1.807, 2.05) is 30.3 Å². The van der Waals surface area contributed by atoms with E-state index in [9.17, 15) is 4.79 Å². The van der Waals surface area contributed by atoms with Crippen molar-refractivity contribution in [3.05, 3.63) is 89.5 Å². The Morgan fingerprint density at radius 1 is 0.833 bits per heavy atom. The Labute approximate surface area is 142 Å². The maximum absolute atomic E-state index is 12.1. The van der Waals surface area contributed by atoms with E-state index in [1.54, 1.807) is 0 Å². The lowest BCUT2D eigenvalue weighted by atomic mass is 10.1. The quantitative estimate of drug-likeness (QED) is 0.529. The Balaban J connectivity index is 1.40. The molecule has 2 nitrogen and oxygen atoms in total. The summed E-state index contributed by atoms with van der Waals surface area (Å²) in [5, 5.41) is 3.38. The number of carbonyl (C=O) groups is 1. The van der Waals surface area contributed by atoms with Crippen LogP contribution >= 0.6 is 0 Å². The second kappa shape index (κ2) is 6.32. The van der Waals surface area contributed by atoms with E-state index in [2.05, 4.69) is 47.8 Å². The standard InChI is InChI=1S/C22H19NO/c24-22(16-6-2-1-3-7-16)12-13-23-19-10-11-21-18(15-19)14-17-8-4-5-9-20(17)21/h1-11,15,23H,12-14H2. The Bertz CT molecular complexity index is 883. The predicted octanol–water partition coefficient (Wildman–Crippen LogP) is 4.94. The number of Topliss-reactive ketones (excluding diaryl/α,β-unsaturated/α-hetero) is 1. The monoisotopic (exact) mass is 313 g/mol. The van der Waals surface area contributed by atoms with Crippen molar-refractivity contribution >= 4 is 11.5 Å². The number of benzene rings is 3. The van der Waals surface area contributed by atoms with E-state index >= 15 is 0 Å². The second-order valence-corrected chi connectivity index (χ2v) is 6.17. The molecule has 0 unspecified atom stereocenters. The lowest BCUT2D eigenvalue weighted by Gasteiger charge is -2.08. The number of anilines is 1. The molecule has 0 bridgehead atoms. The fourth-order valence-electron chi connectivity index (χ4n) is 3.34. The predicted molar refractivity (Wildman–Crippen MR) is 98.6 cm³/mol. The normalized spacial score (nSPS) is 11.7. The summed E-state index contributed by atoms with van der Waals surface area (Å²) >= 11 is 0. The summed E-state index contributed by atoms with van der Waals surface area (Å²) in [6, 6.07) is 24.5. The summed E-state index contributed by atoms with van der Waals surface area (Å²) in [6.45, 7) is 0.652. The van der Waals surface area contributed by atoms with Crippen molar-refractivity contribution < 1.29 is 4.79 Å². The van der Waals surface area contributed by atoms with Crippen LogP contribution in [0.25, 0.3) is 11.1 Å². The van der Waals surface area contributed by atoms with Gasteiger partial charge in [-0.1, -0.05) is 60.7 Å². The zero-order valence-electron chi connectivity index (χ0n) is 13.5. The van der Waals surface area contributed by atoms with Crippen LogP contribution in [0.2, 0.25) is 0 Å². The van der Waals surface area contributed by atoms with Crippen LogP contribution in [0.15, 0.2) is 72.8 Å². The Hall–Kier alpha value is -2.87. The maximum atomic E-state index is 12.1. The van der Waals surface area contributed by atoms with Crippen molar-refractivity contribution in [2.75, 3.05) is 11.9 Å². The van der Waals surface area contributed by atoms with Gasteiger partial charge in [-0.15, -0.1) is 0 Å². The largest absolute Gasteiger partial charge is 0.385 e. The van der Waals surface area contributed by atoms with Gasteiger partial charge in [-0.25, -0.2) is 0 Å². The molecule has 3 aromatic carbocycles. The Morgan fingerprint density at radius 3 is 2.46 bits per heavy atom. The van der Waals surface area contributed by atoms with Crippen LogP contribution in [-0.4, -0.2) is 12.3 Å². The second-order valence-electron chi connectivity index (χ2n) is 6.17. The highest BCUT2D eigenvalue weighted by atomic mass is 16.1. The van der Waals surface area contributed by atoms with Crippen molar-refractivity contribution in [3.8, 4) is 11.1 Å². The van der Waals surface area contributed by atoms with Crippen LogP contribution < -0.4 is 5.32 Å². The lowest BCUT2D eigenvalue weighted by molar-refractivity contribution is 0.0986. The van der Waals surface area contributed by atoms with Crippen LogP contribution in [0.5, 0.6) is 0 Å². The van der Waals surface area contributed by atoms with Crippen LogP contribution in [0.3, 0.4) is 0 Å². The van der Waals surface area contributed by atoms with Crippen LogP contribution in [0.4, 0.5) is 5.69 Å². The minimum atomic E-state index is 0.177. The van der Waals surface area contributed by atoms with Gasteiger partial charge in [0.2, 0.25) is 0 Å². The van der Waals surface area contributed by atoms with E-state index in [4.69, 9.17) is 0 Å². The van der Waals surface area contributed by atoms with Crippen molar-refractivity contribution in [2.24, 2.45) is 0 Å². The fourth-order valence-corrected chi connectivity index (χ4v) is 3.34. The van der Waals surface area contributed by atoms with E-state index in [1.165, 1.54) is 22.3 Å². The minimum Gasteiger partial charge on any atom is -0.385 e. The molecule has 2 heteroatoms. The van der Waals surface area contributed by atoms with Crippen molar-refractivity contribution in [2.45, 2.75) is 12.8 Å². The van der Waals surface area contributed by atoms with E-state index in [0.717, 1.165) is 17.7 Å². The average Bonchev–Trinajstić information content (AvgIpc) is 3.00. The van der Waals surface area contributed by atoms with Crippen molar-refractivity contribution in [1.82, 2.24) is 0 Å². The van der Waals surface area contributed by atoms with Gasteiger partial charge in [-0.2, -0.15) is 0 Å².